The Kier molecular flexibility index (Phi) is 4.47. The molecule has 0 aliphatic carbocycles. The first-order chi connectivity index (χ1) is 9.05. The summed E-state index contributed by atoms with van der Waals surface area (Å²) in [6.45, 7) is 2.67. The standard InChI is InChI=1S/C14H22N2O2S/c1-2-13-8-4-3-5-10-16(13)19(17,18)14-9-6-7-12(15)11-14/h6-7,9,11,13H,2-5,8,10,15H2,1H3. The van der Waals surface area contributed by atoms with Crippen LogP contribution in [0.4, 0.5) is 5.69 Å². The number of nitrogens with two attached hydrogens (primary N) is 1. The molecule has 0 amide bonds. The summed E-state index contributed by atoms with van der Waals surface area (Å²) in [5, 5.41) is 0. The van der Waals surface area contributed by atoms with E-state index in [-0.39, 0.29) is 6.04 Å². The summed E-state index contributed by atoms with van der Waals surface area (Å²) < 4.78 is 27.1. The van der Waals surface area contributed by atoms with E-state index in [1.54, 1.807) is 28.6 Å². The summed E-state index contributed by atoms with van der Waals surface area (Å²) >= 11 is 0. The lowest BCUT2D eigenvalue weighted by Crippen LogP contribution is -2.39. The second-order valence-electron chi connectivity index (χ2n) is 5.10. The second-order valence-corrected chi connectivity index (χ2v) is 6.99. The van der Waals surface area contributed by atoms with E-state index >= 15 is 0 Å². The maximum Gasteiger partial charge on any atom is 0.243 e. The summed E-state index contributed by atoms with van der Waals surface area (Å²) in [5.74, 6) is 0. The average Bonchev–Trinajstić information content (AvgIpc) is 2.64. The zero-order valence-electron chi connectivity index (χ0n) is 11.4. The van der Waals surface area contributed by atoms with Crippen molar-refractivity contribution in [2.75, 3.05) is 12.3 Å². The Morgan fingerprint density at radius 3 is 2.79 bits per heavy atom. The predicted molar refractivity (Wildman–Crippen MR) is 77.3 cm³/mol. The zero-order valence-corrected chi connectivity index (χ0v) is 12.2. The van der Waals surface area contributed by atoms with Gasteiger partial charge in [0.05, 0.1) is 4.90 Å². The summed E-state index contributed by atoms with van der Waals surface area (Å²) in [6, 6.07) is 6.70. The Hall–Kier alpha value is -1.07. The third-order valence-corrected chi connectivity index (χ3v) is 5.71. The highest BCUT2D eigenvalue weighted by Gasteiger charge is 2.31. The molecule has 2 N–H and O–H groups in total. The molecule has 0 radical (unpaired) electrons. The number of hydrogen-bond donors (Lipinski definition) is 1. The molecule has 0 spiro atoms. The highest BCUT2D eigenvalue weighted by Crippen LogP contribution is 2.27. The van der Waals surface area contributed by atoms with E-state index in [0.717, 1.165) is 32.1 Å². The van der Waals surface area contributed by atoms with Gasteiger partial charge in [0.15, 0.2) is 0 Å². The Labute approximate surface area is 115 Å². The number of rotatable bonds is 3. The molecule has 0 saturated carbocycles. The molecule has 19 heavy (non-hydrogen) atoms. The van der Waals surface area contributed by atoms with Gasteiger partial charge in [0.2, 0.25) is 10.0 Å². The van der Waals surface area contributed by atoms with Crippen molar-refractivity contribution in [1.29, 1.82) is 0 Å². The molecule has 1 unspecified atom stereocenters. The van der Waals surface area contributed by atoms with Gasteiger partial charge in [-0.05, 0) is 37.5 Å². The molecule has 1 aromatic carbocycles. The molecule has 1 atom stereocenters. The Balaban J connectivity index is 2.36. The normalized spacial score (nSPS) is 22.1. The van der Waals surface area contributed by atoms with Crippen LogP contribution in [0.3, 0.4) is 0 Å². The number of nitrogen functional groups attached to an aromatic ring is 1. The lowest BCUT2D eigenvalue weighted by molar-refractivity contribution is 0.315. The predicted octanol–water partition coefficient (Wildman–Crippen LogP) is 2.61. The SMILES string of the molecule is CCC1CCCCCN1S(=O)(=O)c1cccc(N)c1. The van der Waals surface area contributed by atoms with E-state index in [4.69, 9.17) is 5.73 Å². The highest BCUT2D eigenvalue weighted by molar-refractivity contribution is 7.89. The smallest absolute Gasteiger partial charge is 0.243 e. The molecule has 1 aromatic rings. The van der Waals surface area contributed by atoms with Gasteiger partial charge in [-0.2, -0.15) is 4.31 Å². The lowest BCUT2D eigenvalue weighted by atomic mass is 10.1. The average molecular weight is 282 g/mol. The number of hydrogen-bond acceptors (Lipinski definition) is 3. The van der Waals surface area contributed by atoms with Crippen molar-refractivity contribution >= 4 is 15.7 Å². The maximum atomic E-state index is 12.7. The van der Waals surface area contributed by atoms with Crippen molar-refractivity contribution in [2.45, 2.75) is 50.0 Å². The molecular formula is C14H22N2O2S. The third kappa shape index (κ3) is 3.09. The summed E-state index contributed by atoms with van der Waals surface area (Å²) in [7, 11) is -3.42. The van der Waals surface area contributed by atoms with Crippen molar-refractivity contribution in [3.05, 3.63) is 24.3 Å². The molecule has 1 aliphatic heterocycles. The van der Waals surface area contributed by atoms with Crippen LogP contribution in [0.15, 0.2) is 29.2 Å². The minimum atomic E-state index is -3.42. The monoisotopic (exact) mass is 282 g/mol. The van der Waals surface area contributed by atoms with Crippen LogP contribution in [-0.2, 0) is 10.0 Å². The summed E-state index contributed by atoms with van der Waals surface area (Å²) in [4.78, 5) is 0.313. The van der Waals surface area contributed by atoms with Crippen molar-refractivity contribution in [1.82, 2.24) is 4.31 Å². The van der Waals surface area contributed by atoms with Gasteiger partial charge in [0.25, 0.3) is 0 Å². The molecule has 1 saturated heterocycles. The van der Waals surface area contributed by atoms with E-state index in [0.29, 0.717) is 17.1 Å². The Morgan fingerprint density at radius 1 is 1.32 bits per heavy atom. The largest absolute Gasteiger partial charge is 0.399 e. The van der Waals surface area contributed by atoms with Gasteiger partial charge in [-0.3, -0.25) is 0 Å². The fourth-order valence-electron chi connectivity index (χ4n) is 2.69. The molecule has 0 aromatic heterocycles. The zero-order chi connectivity index (χ0) is 13.9. The van der Waals surface area contributed by atoms with Crippen LogP contribution in [0.2, 0.25) is 0 Å². The Bertz CT molecular complexity index is 528. The summed E-state index contributed by atoms with van der Waals surface area (Å²) in [6.07, 6.45) is 4.98. The number of nitrogens with zero attached hydrogens (tertiary/aromatic N) is 1. The fourth-order valence-corrected chi connectivity index (χ4v) is 4.51. The van der Waals surface area contributed by atoms with E-state index in [2.05, 4.69) is 6.92 Å². The second kappa shape index (κ2) is 5.92. The number of anilines is 1. The van der Waals surface area contributed by atoms with Crippen LogP contribution < -0.4 is 5.73 Å². The van der Waals surface area contributed by atoms with Gasteiger partial charge in [0, 0.05) is 18.3 Å². The van der Waals surface area contributed by atoms with Crippen molar-refractivity contribution in [2.24, 2.45) is 0 Å². The molecular weight excluding hydrogens is 260 g/mol. The molecule has 0 bridgehead atoms. The first-order valence-electron chi connectivity index (χ1n) is 6.93. The van der Waals surface area contributed by atoms with Crippen LogP contribution in [0, 0.1) is 0 Å². The van der Waals surface area contributed by atoms with E-state index < -0.39 is 10.0 Å². The van der Waals surface area contributed by atoms with Crippen LogP contribution >= 0.6 is 0 Å². The van der Waals surface area contributed by atoms with Gasteiger partial charge >= 0.3 is 0 Å². The van der Waals surface area contributed by atoms with Gasteiger partial charge in [-0.1, -0.05) is 25.8 Å². The van der Waals surface area contributed by atoms with Gasteiger partial charge in [-0.15, -0.1) is 0 Å². The third-order valence-electron chi connectivity index (χ3n) is 3.76. The van der Waals surface area contributed by atoms with Crippen molar-refractivity contribution in [3.63, 3.8) is 0 Å². The minimum Gasteiger partial charge on any atom is -0.399 e. The molecule has 106 valence electrons. The molecule has 5 heteroatoms. The van der Waals surface area contributed by atoms with Crippen LogP contribution in [-0.4, -0.2) is 25.3 Å². The molecule has 4 nitrogen and oxygen atoms in total. The molecule has 1 heterocycles. The first kappa shape index (κ1) is 14.3. The van der Waals surface area contributed by atoms with Crippen LogP contribution in [0.25, 0.3) is 0 Å². The quantitative estimate of drug-likeness (QED) is 0.867. The van der Waals surface area contributed by atoms with Gasteiger partial charge in [0.1, 0.15) is 0 Å². The minimum absolute atomic E-state index is 0.119. The molecule has 2 rings (SSSR count). The lowest BCUT2D eigenvalue weighted by Gasteiger charge is -2.28. The van der Waals surface area contributed by atoms with Crippen LogP contribution in [0.1, 0.15) is 39.0 Å². The van der Waals surface area contributed by atoms with Crippen molar-refractivity contribution in [3.8, 4) is 0 Å². The Morgan fingerprint density at radius 2 is 2.11 bits per heavy atom. The molecule has 1 aliphatic rings. The number of sulfonamides is 1. The molecule has 1 fully saturated rings. The first-order valence-corrected chi connectivity index (χ1v) is 8.37. The summed E-state index contributed by atoms with van der Waals surface area (Å²) in [5.41, 5.74) is 6.19. The van der Waals surface area contributed by atoms with E-state index in [1.165, 1.54) is 0 Å². The number of benzene rings is 1. The van der Waals surface area contributed by atoms with E-state index in [9.17, 15) is 8.42 Å². The van der Waals surface area contributed by atoms with Gasteiger partial charge in [-0.25, -0.2) is 8.42 Å². The maximum absolute atomic E-state index is 12.7. The highest BCUT2D eigenvalue weighted by atomic mass is 32.2. The van der Waals surface area contributed by atoms with Crippen molar-refractivity contribution < 1.29 is 8.42 Å². The van der Waals surface area contributed by atoms with Crippen LogP contribution in [0.5, 0.6) is 0 Å². The topological polar surface area (TPSA) is 63.4 Å². The fraction of sp³-hybridized carbons (Fsp3) is 0.571. The van der Waals surface area contributed by atoms with Gasteiger partial charge < -0.3 is 5.73 Å². The van der Waals surface area contributed by atoms with E-state index in [1.807, 2.05) is 0 Å².